The molecule has 0 aromatic heterocycles. The molecule has 1 N–H and O–H groups in total. The molecule has 0 aliphatic rings. The molecule has 2 rings (SSSR count). The topological polar surface area (TPSA) is 49.4 Å². The smallest absolute Gasteiger partial charge is 0.242 e. The summed E-state index contributed by atoms with van der Waals surface area (Å²) >= 11 is 12.1. The summed E-state index contributed by atoms with van der Waals surface area (Å²) in [5.74, 6) is 0.0384. The van der Waals surface area contributed by atoms with Crippen LogP contribution < -0.4 is 5.32 Å². The molecule has 0 spiro atoms. The van der Waals surface area contributed by atoms with Gasteiger partial charge in [0, 0.05) is 13.1 Å². The lowest BCUT2D eigenvalue weighted by atomic mass is 10.1. The van der Waals surface area contributed by atoms with E-state index in [9.17, 15) is 9.59 Å². The lowest BCUT2D eigenvalue weighted by Gasteiger charge is -2.29. The van der Waals surface area contributed by atoms with Gasteiger partial charge in [0.15, 0.2) is 0 Å². The molecular formula is C23H28Cl2N2O2. The Morgan fingerprint density at radius 1 is 1.03 bits per heavy atom. The van der Waals surface area contributed by atoms with Crippen molar-refractivity contribution in [3.05, 3.63) is 69.2 Å². The standard InChI is InChI=1S/C23H28Cl2N2O2/c1-15(2)13-26-23(29)17(4)27(14-19-8-6-5-7-16(19)3)22(28)12-18-9-10-20(24)21(25)11-18/h5-11,15,17H,12-14H2,1-4H3,(H,26,29). The first-order valence-electron chi connectivity index (χ1n) is 9.74. The van der Waals surface area contributed by atoms with Crippen LogP contribution >= 0.6 is 23.2 Å². The van der Waals surface area contributed by atoms with Gasteiger partial charge in [-0.15, -0.1) is 0 Å². The fraction of sp³-hybridized carbons (Fsp3) is 0.391. The van der Waals surface area contributed by atoms with Crippen molar-refractivity contribution in [2.24, 2.45) is 5.92 Å². The van der Waals surface area contributed by atoms with Gasteiger partial charge in [0.2, 0.25) is 11.8 Å². The molecule has 0 heterocycles. The third kappa shape index (κ3) is 6.76. The summed E-state index contributed by atoms with van der Waals surface area (Å²) < 4.78 is 0. The van der Waals surface area contributed by atoms with Crippen molar-refractivity contribution < 1.29 is 9.59 Å². The molecular weight excluding hydrogens is 407 g/mol. The lowest BCUT2D eigenvalue weighted by Crippen LogP contribution is -2.48. The number of amides is 2. The summed E-state index contributed by atoms with van der Waals surface area (Å²) in [5, 5.41) is 3.78. The van der Waals surface area contributed by atoms with Crippen LogP contribution in [-0.2, 0) is 22.6 Å². The van der Waals surface area contributed by atoms with Crippen LogP contribution in [0.1, 0.15) is 37.5 Å². The molecule has 2 amide bonds. The Bertz CT molecular complexity index is 868. The summed E-state index contributed by atoms with van der Waals surface area (Å²) in [6.45, 7) is 8.77. The number of hydrogen-bond donors (Lipinski definition) is 1. The fourth-order valence-corrected chi connectivity index (χ4v) is 3.25. The van der Waals surface area contributed by atoms with Crippen molar-refractivity contribution in [2.45, 2.75) is 46.7 Å². The van der Waals surface area contributed by atoms with E-state index in [-0.39, 0.29) is 18.2 Å². The number of rotatable bonds is 8. The molecule has 2 aromatic carbocycles. The second kappa shape index (κ2) is 10.7. The Balaban J connectivity index is 2.24. The minimum Gasteiger partial charge on any atom is -0.354 e. The van der Waals surface area contributed by atoms with Crippen molar-refractivity contribution in [1.29, 1.82) is 0 Å². The highest BCUT2D eigenvalue weighted by molar-refractivity contribution is 6.42. The van der Waals surface area contributed by atoms with Gasteiger partial charge in [-0.05, 0) is 48.6 Å². The Kier molecular flexibility index (Phi) is 8.54. The normalized spacial score (nSPS) is 12.0. The maximum Gasteiger partial charge on any atom is 0.242 e. The van der Waals surface area contributed by atoms with E-state index in [0.717, 1.165) is 16.7 Å². The monoisotopic (exact) mass is 434 g/mol. The molecule has 1 atom stereocenters. The molecule has 0 fully saturated rings. The van der Waals surface area contributed by atoms with Gasteiger partial charge < -0.3 is 10.2 Å². The molecule has 29 heavy (non-hydrogen) atoms. The van der Waals surface area contributed by atoms with Gasteiger partial charge in [-0.2, -0.15) is 0 Å². The highest BCUT2D eigenvalue weighted by atomic mass is 35.5. The highest BCUT2D eigenvalue weighted by Gasteiger charge is 2.26. The van der Waals surface area contributed by atoms with Crippen LogP contribution in [0.25, 0.3) is 0 Å². The highest BCUT2D eigenvalue weighted by Crippen LogP contribution is 2.23. The van der Waals surface area contributed by atoms with E-state index in [4.69, 9.17) is 23.2 Å². The van der Waals surface area contributed by atoms with E-state index < -0.39 is 6.04 Å². The van der Waals surface area contributed by atoms with Crippen molar-refractivity contribution in [1.82, 2.24) is 10.2 Å². The Hall–Kier alpha value is -2.04. The number of carbonyl (C=O) groups excluding carboxylic acids is 2. The fourth-order valence-electron chi connectivity index (χ4n) is 2.93. The van der Waals surface area contributed by atoms with Crippen LogP contribution in [0.2, 0.25) is 10.0 Å². The van der Waals surface area contributed by atoms with Gasteiger partial charge >= 0.3 is 0 Å². The maximum atomic E-state index is 13.2. The van der Waals surface area contributed by atoms with Crippen molar-refractivity contribution in [3.63, 3.8) is 0 Å². The number of benzene rings is 2. The first-order chi connectivity index (χ1) is 13.7. The van der Waals surface area contributed by atoms with E-state index in [1.165, 1.54) is 0 Å². The number of aryl methyl sites for hydroxylation is 1. The summed E-state index contributed by atoms with van der Waals surface area (Å²) in [6.07, 6.45) is 0.143. The third-order valence-electron chi connectivity index (χ3n) is 4.79. The molecule has 0 saturated carbocycles. The average molecular weight is 435 g/mol. The van der Waals surface area contributed by atoms with Gasteiger partial charge in [-0.25, -0.2) is 0 Å². The second-order valence-corrected chi connectivity index (χ2v) is 8.50. The Labute approximate surface area is 183 Å². The quantitative estimate of drug-likeness (QED) is 0.632. The second-order valence-electron chi connectivity index (χ2n) is 7.69. The molecule has 4 nitrogen and oxygen atoms in total. The first kappa shape index (κ1) is 23.2. The molecule has 0 aliphatic heterocycles. The van der Waals surface area contributed by atoms with E-state index in [2.05, 4.69) is 5.32 Å². The van der Waals surface area contributed by atoms with Gasteiger partial charge in [-0.3, -0.25) is 9.59 Å². The van der Waals surface area contributed by atoms with Gasteiger partial charge in [0.25, 0.3) is 0 Å². The summed E-state index contributed by atoms with van der Waals surface area (Å²) in [5.41, 5.74) is 2.85. The van der Waals surface area contributed by atoms with E-state index in [1.807, 2.05) is 45.0 Å². The van der Waals surface area contributed by atoms with E-state index in [1.54, 1.807) is 30.0 Å². The minimum atomic E-state index is -0.594. The van der Waals surface area contributed by atoms with Crippen LogP contribution in [0.5, 0.6) is 0 Å². The number of carbonyl (C=O) groups is 2. The Morgan fingerprint density at radius 2 is 1.72 bits per heavy atom. The Morgan fingerprint density at radius 3 is 2.34 bits per heavy atom. The summed E-state index contributed by atoms with van der Waals surface area (Å²) in [6, 6.07) is 12.4. The van der Waals surface area contributed by atoms with Crippen LogP contribution in [-0.4, -0.2) is 29.3 Å². The predicted molar refractivity (Wildman–Crippen MR) is 119 cm³/mol. The molecule has 6 heteroatoms. The van der Waals surface area contributed by atoms with Crippen molar-refractivity contribution >= 4 is 35.0 Å². The molecule has 2 aromatic rings. The SMILES string of the molecule is Cc1ccccc1CN(C(=O)Cc1ccc(Cl)c(Cl)c1)C(C)C(=O)NCC(C)C. The number of nitrogens with zero attached hydrogens (tertiary/aromatic N) is 1. The van der Waals surface area contributed by atoms with Crippen LogP contribution in [0.4, 0.5) is 0 Å². The van der Waals surface area contributed by atoms with Gasteiger partial charge in [-0.1, -0.05) is 67.4 Å². The molecule has 0 aliphatic carbocycles. The van der Waals surface area contributed by atoms with E-state index in [0.29, 0.717) is 29.1 Å². The summed E-state index contributed by atoms with van der Waals surface area (Å²) in [4.78, 5) is 27.5. The number of nitrogens with one attached hydrogen (secondary N) is 1. The van der Waals surface area contributed by atoms with Crippen LogP contribution in [0.15, 0.2) is 42.5 Å². The zero-order valence-electron chi connectivity index (χ0n) is 17.3. The first-order valence-corrected chi connectivity index (χ1v) is 10.5. The number of hydrogen-bond acceptors (Lipinski definition) is 2. The zero-order valence-corrected chi connectivity index (χ0v) is 18.8. The predicted octanol–water partition coefficient (Wildman–Crippen LogP) is 5.03. The molecule has 0 saturated heterocycles. The van der Waals surface area contributed by atoms with E-state index >= 15 is 0 Å². The van der Waals surface area contributed by atoms with Crippen molar-refractivity contribution in [2.75, 3.05) is 6.54 Å². The van der Waals surface area contributed by atoms with Gasteiger partial charge in [0.1, 0.15) is 6.04 Å². The number of halogens is 2. The summed E-state index contributed by atoms with van der Waals surface area (Å²) in [7, 11) is 0. The van der Waals surface area contributed by atoms with Crippen LogP contribution in [0.3, 0.4) is 0 Å². The molecule has 156 valence electrons. The van der Waals surface area contributed by atoms with Crippen molar-refractivity contribution in [3.8, 4) is 0 Å². The van der Waals surface area contributed by atoms with Gasteiger partial charge in [0.05, 0.1) is 16.5 Å². The largest absolute Gasteiger partial charge is 0.354 e. The maximum absolute atomic E-state index is 13.2. The molecule has 0 bridgehead atoms. The van der Waals surface area contributed by atoms with Crippen LogP contribution in [0, 0.1) is 12.8 Å². The average Bonchev–Trinajstić information content (AvgIpc) is 2.67. The zero-order chi connectivity index (χ0) is 21.6. The molecule has 1 unspecified atom stereocenters. The lowest BCUT2D eigenvalue weighted by molar-refractivity contribution is -0.140. The third-order valence-corrected chi connectivity index (χ3v) is 5.53. The minimum absolute atomic E-state index is 0.140. The molecule has 0 radical (unpaired) electrons.